The van der Waals surface area contributed by atoms with Crippen LogP contribution in [0.25, 0.3) is 0 Å². The Morgan fingerprint density at radius 1 is 1.38 bits per heavy atom. The Balaban J connectivity index is 2.29. The number of nitroso groups, excluding NO2 is 1. The smallest absolute Gasteiger partial charge is 0.204 e. The van der Waals surface area contributed by atoms with Crippen molar-refractivity contribution >= 4 is 0 Å². The van der Waals surface area contributed by atoms with Gasteiger partial charge in [0.1, 0.15) is 0 Å². The van der Waals surface area contributed by atoms with Crippen molar-refractivity contribution in [2.24, 2.45) is 0 Å². The van der Waals surface area contributed by atoms with E-state index >= 15 is 0 Å². The Kier molecular flexibility index (Phi) is 1.58. The van der Waals surface area contributed by atoms with Crippen molar-refractivity contribution in [3.8, 4) is 0 Å². The van der Waals surface area contributed by atoms with Gasteiger partial charge in [-0.2, -0.15) is 0 Å². The van der Waals surface area contributed by atoms with E-state index in [9.17, 15) is 4.91 Å². The van der Waals surface area contributed by atoms with Crippen molar-refractivity contribution in [1.82, 2.24) is 4.90 Å². The molecule has 1 fully saturated rings. The average Bonchev–Trinajstić information content (AvgIpc) is 1.77. The molecule has 3 heteroatoms. The summed E-state index contributed by atoms with van der Waals surface area (Å²) in [6.45, 7) is 3.19. The fourth-order valence-electron chi connectivity index (χ4n) is 0.788. The van der Waals surface area contributed by atoms with Crippen molar-refractivity contribution in [2.75, 3.05) is 33.2 Å². The maximum atomic E-state index is 10.5. The summed E-state index contributed by atoms with van der Waals surface area (Å²) in [7, 11) is 2.03. The molecule has 0 aromatic heterocycles. The lowest BCUT2D eigenvalue weighted by Crippen LogP contribution is -2.38. The number of nitrogens with zero attached hydrogens (tertiary/aromatic N) is 2. The quantitative estimate of drug-likeness (QED) is 0.405. The topological polar surface area (TPSA) is 23.3 Å². The van der Waals surface area contributed by atoms with E-state index in [2.05, 4.69) is 4.90 Å². The van der Waals surface area contributed by atoms with Crippen LogP contribution in [0.15, 0.2) is 0 Å². The molecule has 0 radical (unpaired) electrons. The molecule has 0 unspecified atom stereocenters. The first-order valence-electron chi connectivity index (χ1n) is 2.89. The molecule has 0 saturated carbocycles. The summed E-state index contributed by atoms with van der Waals surface area (Å²) in [4.78, 5) is 12.7. The Morgan fingerprint density at radius 3 is 2.25 bits per heavy atom. The third kappa shape index (κ3) is 1.26. The largest absolute Gasteiger partial charge is 0.294 e. The molecule has 0 bridgehead atoms. The summed E-state index contributed by atoms with van der Waals surface area (Å²) in [5.41, 5.74) is 0. The molecule has 8 heavy (non-hydrogen) atoms. The number of likely N-dealkylation sites (N-methyl/N-ethyl adjacent to an activating group) is 1. The summed E-state index contributed by atoms with van der Waals surface area (Å²) in [5.74, 6) is 0. The average molecular weight is 115 g/mol. The van der Waals surface area contributed by atoms with Gasteiger partial charge in [-0.3, -0.25) is 4.90 Å². The van der Waals surface area contributed by atoms with E-state index in [0.717, 1.165) is 17.8 Å². The molecule has 1 aliphatic rings. The first-order chi connectivity index (χ1) is 3.79. The van der Waals surface area contributed by atoms with Crippen LogP contribution >= 0.6 is 0 Å². The predicted octanol–water partition coefficient (Wildman–Crippen LogP) is -0.289. The highest BCUT2D eigenvalue weighted by Gasteiger charge is 2.16. The molecule has 0 N–H and O–H groups in total. The minimum atomic E-state index is 0.677. The molecule has 0 spiro atoms. The van der Waals surface area contributed by atoms with Gasteiger partial charge in [0.2, 0.25) is 13.1 Å². The van der Waals surface area contributed by atoms with Gasteiger partial charge in [0.25, 0.3) is 0 Å². The summed E-state index contributed by atoms with van der Waals surface area (Å²) < 4.78 is 1.11. The number of hydrogen-bond acceptors (Lipinski definition) is 2. The van der Waals surface area contributed by atoms with Gasteiger partial charge in [0.15, 0.2) is 0 Å². The predicted molar refractivity (Wildman–Crippen MR) is 30.9 cm³/mol. The van der Waals surface area contributed by atoms with Crippen LogP contribution in [-0.2, 0) is 0 Å². The van der Waals surface area contributed by atoms with Gasteiger partial charge in [-0.1, -0.05) is 0 Å². The Bertz CT molecular complexity index is 92.6. The van der Waals surface area contributed by atoms with Crippen molar-refractivity contribution in [1.29, 1.82) is 0 Å². The van der Waals surface area contributed by atoms with Gasteiger partial charge in [0, 0.05) is 9.67 Å². The summed E-state index contributed by atoms with van der Waals surface area (Å²) >= 11 is 0. The van der Waals surface area contributed by atoms with E-state index in [1.165, 1.54) is 0 Å². The molecule has 1 heterocycles. The Hall–Kier alpha value is -0.440. The highest BCUT2D eigenvalue weighted by Crippen LogP contribution is 1.89. The zero-order valence-corrected chi connectivity index (χ0v) is 5.13. The third-order valence-corrected chi connectivity index (χ3v) is 1.46. The molecule has 0 aliphatic carbocycles. The fraction of sp³-hybridized carbons (Fsp3) is 1.00. The zero-order valence-electron chi connectivity index (χ0n) is 5.13. The second-order valence-corrected chi connectivity index (χ2v) is 2.23. The summed E-state index contributed by atoms with van der Waals surface area (Å²) in [5, 5.41) is 0. The lowest BCUT2D eigenvalue weighted by molar-refractivity contribution is -0.559. The minimum absolute atomic E-state index is 0.677. The second-order valence-electron chi connectivity index (χ2n) is 2.23. The minimum Gasteiger partial charge on any atom is -0.294 e. The van der Waals surface area contributed by atoms with Crippen molar-refractivity contribution in [3.63, 3.8) is 0 Å². The van der Waals surface area contributed by atoms with Gasteiger partial charge in [0.05, 0.1) is 13.1 Å². The molecule has 3 nitrogen and oxygen atoms in total. The Labute approximate surface area is 48.9 Å². The van der Waals surface area contributed by atoms with E-state index < -0.39 is 0 Å². The molecule has 0 atom stereocenters. The second kappa shape index (κ2) is 2.22. The van der Waals surface area contributed by atoms with E-state index in [1.54, 1.807) is 0 Å². The molecular formula is C5H11N2O+. The van der Waals surface area contributed by atoms with Crippen LogP contribution in [0.3, 0.4) is 0 Å². The lowest BCUT2D eigenvalue weighted by Gasteiger charge is -2.15. The molecular weight excluding hydrogens is 104 g/mol. The van der Waals surface area contributed by atoms with E-state index in [1.807, 2.05) is 7.05 Å². The summed E-state index contributed by atoms with van der Waals surface area (Å²) in [6.07, 6.45) is 0. The van der Waals surface area contributed by atoms with Crippen molar-refractivity contribution < 1.29 is 4.76 Å². The number of piperazine rings is 1. The van der Waals surface area contributed by atoms with Gasteiger partial charge in [-0.15, -0.1) is 0 Å². The standard InChI is InChI=1S/C5H11N2O/c1-6-2-4-7(8)5-3-6/h2-5H2,1H3/q+1. The van der Waals surface area contributed by atoms with Crippen LogP contribution in [0, 0.1) is 4.91 Å². The highest BCUT2D eigenvalue weighted by molar-refractivity contribution is 4.52. The first kappa shape index (κ1) is 5.69. The maximum absolute atomic E-state index is 10.5. The summed E-state index contributed by atoms with van der Waals surface area (Å²) in [6, 6.07) is 0. The Morgan fingerprint density at radius 2 is 1.88 bits per heavy atom. The number of hydrogen-bond donors (Lipinski definition) is 0. The molecule has 0 amide bonds. The van der Waals surface area contributed by atoms with Gasteiger partial charge in [-0.05, 0) is 7.05 Å². The first-order valence-corrected chi connectivity index (χ1v) is 2.89. The van der Waals surface area contributed by atoms with Gasteiger partial charge >= 0.3 is 0 Å². The van der Waals surface area contributed by atoms with E-state index in [-0.39, 0.29) is 0 Å². The van der Waals surface area contributed by atoms with Gasteiger partial charge in [-0.25, -0.2) is 0 Å². The van der Waals surface area contributed by atoms with E-state index in [4.69, 9.17) is 0 Å². The van der Waals surface area contributed by atoms with Crippen molar-refractivity contribution in [3.05, 3.63) is 4.91 Å². The van der Waals surface area contributed by atoms with Crippen LogP contribution in [0.4, 0.5) is 0 Å². The third-order valence-electron chi connectivity index (χ3n) is 1.46. The van der Waals surface area contributed by atoms with Crippen LogP contribution in [-0.4, -0.2) is 42.9 Å². The van der Waals surface area contributed by atoms with Crippen LogP contribution in [0.5, 0.6) is 0 Å². The zero-order chi connectivity index (χ0) is 5.98. The molecule has 0 aromatic carbocycles. The van der Waals surface area contributed by atoms with Crippen LogP contribution in [0.1, 0.15) is 0 Å². The fourth-order valence-corrected chi connectivity index (χ4v) is 0.788. The molecule has 46 valence electrons. The van der Waals surface area contributed by atoms with E-state index in [0.29, 0.717) is 13.1 Å². The highest BCUT2D eigenvalue weighted by atomic mass is 16.3. The molecule has 1 aliphatic heterocycles. The normalized spacial score (nSPS) is 23.9. The van der Waals surface area contributed by atoms with Crippen molar-refractivity contribution in [2.45, 2.75) is 0 Å². The lowest BCUT2D eigenvalue weighted by atomic mass is 10.4. The van der Waals surface area contributed by atoms with Crippen LogP contribution in [0.2, 0.25) is 0 Å². The molecule has 1 saturated heterocycles. The maximum Gasteiger partial charge on any atom is 0.204 e. The monoisotopic (exact) mass is 115 g/mol. The SMILES string of the molecule is CN1CC[N+](=O)CC1. The molecule has 1 rings (SSSR count). The number of rotatable bonds is 0. The van der Waals surface area contributed by atoms with Gasteiger partial charge < -0.3 is 0 Å². The molecule has 0 aromatic rings. The van der Waals surface area contributed by atoms with Crippen LogP contribution < -0.4 is 0 Å².